The third kappa shape index (κ3) is 4.90. The second-order valence-corrected chi connectivity index (χ2v) is 5.13. The van der Waals surface area contributed by atoms with Crippen LogP contribution in [0.5, 0.6) is 5.75 Å². The first-order chi connectivity index (χ1) is 10.7. The summed E-state index contributed by atoms with van der Waals surface area (Å²) >= 11 is 0. The highest BCUT2D eigenvalue weighted by atomic mass is 16.5. The maximum absolute atomic E-state index is 11.9. The summed E-state index contributed by atoms with van der Waals surface area (Å²) in [5.74, 6) is 0.778. The van der Waals surface area contributed by atoms with E-state index in [-0.39, 0.29) is 5.91 Å². The summed E-state index contributed by atoms with van der Waals surface area (Å²) in [4.78, 5) is 11.9. The lowest BCUT2D eigenvalue weighted by Gasteiger charge is -2.08. The average molecular weight is 298 g/mol. The Morgan fingerprint density at radius 3 is 2.50 bits per heavy atom. The standard InChI is InChI=1S/C18H22N2O2/c1-14-5-3-4-6-15(14)13-19-12-11-18(21)20-16-7-9-17(22-2)10-8-16/h3-10,19H,11-13H2,1-2H3,(H,20,21). The van der Waals surface area contributed by atoms with E-state index in [1.807, 2.05) is 36.4 Å². The van der Waals surface area contributed by atoms with Crippen LogP contribution in [0, 0.1) is 6.92 Å². The van der Waals surface area contributed by atoms with Crippen molar-refractivity contribution in [3.63, 3.8) is 0 Å². The minimum absolute atomic E-state index is 0.00227. The molecule has 0 aliphatic rings. The van der Waals surface area contributed by atoms with Gasteiger partial charge in [0.1, 0.15) is 5.75 Å². The molecule has 0 atom stereocenters. The van der Waals surface area contributed by atoms with E-state index in [4.69, 9.17) is 4.74 Å². The van der Waals surface area contributed by atoms with E-state index in [9.17, 15) is 4.79 Å². The predicted octanol–water partition coefficient (Wildman–Crippen LogP) is 3.12. The molecule has 0 bridgehead atoms. The van der Waals surface area contributed by atoms with Crippen LogP contribution in [0.1, 0.15) is 17.5 Å². The van der Waals surface area contributed by atoms with Gasteiger partial charge in [-0.2, -0.15) is 0 Å². The Balaban J connectivity index is 1.70. The Labute approximate surface area is 131 Å². The molecule has 0 aromatic heterocycles. The average Bonchev–Trinajstić information content (AvgIpc) is 2.54. The zero-order valence-corrected chi connectivity index (χ0v) is 13.1. The Morgan fingerprint density at radius 2 is 1.82 bits per heavy atom. The molecule has 2 rings (SSSR count). The van der Waals surface area contributed by atoms with Crippen molar-refractivity contribution in [1.29, 1.82) is 0 Å². The molecule has 0 aliphatic heterocycles. The van der Waals surface area contributed by atoms with Crippen molar-refractivity contribution in [3.05, 3.63) is 59.7 Å². The molecular formula is C18H22N2O2. The summed E-state index contributed by atoms with van der Waals surface area (Å²) in [6.45, 7) is 3.52. The molecule has 4 heteroatoms. The summed E-state index contributed by atoms with van der Waals surface area (Å²) in [6, 6.07) is 15.6. The van der Waals surface area contributed by atoms with Crippen molar-refractivity contribution in [2.24, 2.45) is 0 Å². The number of hydrogen-bond donors (Lipinski definition) is 2. The van der Waals surface area contributed by atoms with Crippen LogP contribution < -0.4 is 15.4 Å². The molecular weight excluding hydrogens is 276 g/mol. The van der Waals surface area contributed by atoms with E-state index in [1.54, 1.807) is 7.11 Å². The first-order valence-electron chi connectivity index (χ1n) is 7.38. The van der Waals surface area contributed by atoms with Crippen molar-refractivity contribution < 1.29 is 9.53 Å². The smallest absolute Gasteiger partial charge is 0.225 e. The summed E-state index contributed by atoms with van der Waals surface area (Å²) < 4.78 is 5.08. The van der Waals surface area contributed by atoms with Gasteiger partial charge < -0.3 is 15.4 Å². The quantitative estimate of drug-likeness (QED) is 0.772. The Bertz CT molecular complexity index is 609. The van der Waals surface area contributed by atoms with Gasteiger partial charge in [0.2, 0.25) is 5.91 Å². The molecule has 2 N–H and O–H groups in total. The SMILES string of the molecule is COc1ccc(NC(=O)CCNCc2ccccc2C)cc1. The molecule has 0 aliphatic carbocycles. The lowest BCUT2D eigenvalue weighted by molar-refractivity contribution is -0.116. The molecule has 1 amide bonds. The number of methoxy groups -OCH3 is 1. The van der Waals surface area contributed by atoms with Gasteiger partial charge in [-0.25, -0.2) is 0 Å². The van der Waals surface area contributed by atoms with E-state index in [0.29, 0.717) is 13.0 Å². The molecule has 0 saturated carbocycles. The number of hydrogen-bond acceptors (Lipinski definition) is 3. The first kappa shape index (κ1) is 16.0. The van der Waals surface area contributed by atoms with Crippen molar-refractivity contribution in [1.82, 2.24) is 5.32 Å². The van der Waals surface area contributed by atoms with Crippen molar-refractivity contribution >= 4 is 11.6 Å². The third-order valence-corrected chi connectivity index (χ3v) is 3.48. The fourth-order valence-corrected chi connectivity index (χ4v) is 2.13. The van der Waals surface area contributed by atoms with Gasteiger partial charge in [0.25, 0.3) is 0 Å². The zero-order valence-electron chi connectivity index (χ0n) is 13.1. The lowest BCUT2D eigenvalue weighted by atomic mass is 10.1. The van der Waals surface area contributed by atoms with E-state index in [1.165, 1.54) is 11.1 Å². The number of nitrogens with one attached hydrogen (secondary N) is 2. The zero-order chi connectivity index (χ0) is 15.8. The van der Waals surface area contributed by atoms with Crippen LogP contribution in [0.4, 0.5) is 5.69 Å². The van der Waals surface area contributed by atoms with E-state index in [2.05, 4.69) is 29.7 Å². The van der Waals surface area contributed by atoms with Gasteiger partial charge in [0.05, 0.1) is 7.11 Å². The monoisotopic (exact) mass is 298 g/mol. The Hall–Kier alpha value is -2.33. The predicted molar refractivity (Wildman–Crippen MR) is 89.1 cm³/mol. The van der Waals surface area contributed by atoms with Crippen molar-refractivity contribution in [2.45, 2.75) is 19.9 Å². The van der Waals surface area contributed by atoms with E-state index >= 15 is 0 Å². The Kier molecular flexibility index (Phi) is 5.98. The fraction of sp³-hybridized carbons (Fsp3) is 0.278. The topological polar surface area (TPSA) is 50.4 Å². The van der Waals surface area contributed by atoms with Gasteiger partial charge >= 0.3 is 0 Å². The van der Waals surface area contributed by atoms with E-state index in [0.717, 1.165) is 18.0 Å². The minimum Gasteiger partial charge on any atom is -0.497 e. The number of anilines is 1. The van der Waals surface area contributed by atoms with E-state index < -0.39 is 0 Å². The summed E-state index contributed by atoms with van der Waals surface area (Å²) in [5, 5.41) is 6.17. The molecule has 22 heavy (non-hydrogen) atoms. The number of carbonyl (C=O) groups is 1. The van der Waals surface area contributed by atoms with Crippen molar-refractivity contribution in [3.8, 4) is 5.75 Å². The number of aryl methyl sites for hydroxylation is 1. The highest BCUT2D eigenvalue weighted by molar-refractivity contribution is 5.90. The number of rotatable bonds is 7. The number of carbonyl (C=O) groups excluding carboxylic acids is 1. The van der Waals surface area contributed by atoms with Gasteiger partial charge in [-0.05, 0) is 42.3 Å². The highest BCUT2D eigenvalue weighted by Crippen LogP contribution is 2.15. The van der Waals surface area contributed by atoms with Crippen LogP contribution in [-0.2, 0) is 11.3 Å². The van der Waals surface area contributed by atoms with Crippen LogP contribution in [0.2, 0.25) is 0 Å². The normalized spacial score (nSPS) is 10.3. The molecule has 0 fully saturated rings. The largest absolute Gasteiger partial charge is 0.497 e. The van der Waals surface area contributed by atoms with Crippen molar-refractivity contribution in [2.75, 3.05) is 19.0 Å². The van der Waals surface area contributed by atoms with Gasteiger partial charge in [0.15, 0.2) is 0 Å². The van der Waals surface area contributed by atoms with Crippen LogP contribution in [-0.4, -0.2) is 19.6 Å². The van der Waals surface area contributed by atoms with Gasteiger partial charge in [-0.15, -0.1) is 0 Å². The first-order valence-corrected chi connectivity index (χ1v) is 7.38. The molecule has 2 aromatic carbocycles. The molecule has 0 heterocycles. The van der Waals surface area contributed by atoms with Crippen LogP contribution in [0.25, 0.3) is 0 Å². The van der Waals surface area contributed by atoms with Crippen LogP contribution in [0.15, 0.2) is 48.5 Å². The summed E-state index contributed by atoms with van der Waals surface area (Å²) in [5.41, 5.74) is 3.31. The lowest BCUT2D eigenvalue weighted by Crippen LogP contribution is -2.21. The molecule has 4 nitrogen and oxygen atoms in total. The molecule has 0 unspecified atom stereocenters. The fourth-order valence-electron chi connectivity index (χ4n) is 2.13. The molecule has 0 spiro atoms. The Morgan fingerprint density at radius 1 is 1.09 bits per heavy atom. The van der Waals surface area contributed by atoms with Crippen LogP contribution >= 0.6 is 0 Å². The molecule has 116 valence electrons. The van der Waals surface area contributed by atoms with Gasteiger partial charge in [-0.3, -0.25) is 4.79 Å². The molecule has 2 aromatic rings. The number of amides is 1. The summed E-state index contributed by atoms with van der Waals surface area (Å²) in [7, 11) is 1.62. The van der Waals surface area contributed by atoms with Crippen LogP contribution in [0.3, 0.4) is 0 Å². The number of ether oxygens (including phenoxy) is 1. The second-order valence-electron chi connectivity index (χ2n) is 5.13. The number of benzene rings is 2. The molecule has 0 radical (unpaired) electrons. The highest BCUT2D eigenvalue weighted by Gasteiger charge is 2.03. The maximum atomic E-state index is 11.9. The molecule has 0 saturated heterocycles. The third-order valence-electron chi connectivity index (χ3n) is 3.48. The summed E-state index contributed by atoms with van der Waals surface area (Å²) in [6.07, 6.45) is 0.442. The van der Waals surface area contributed by atoms with Gasteiger partial charge in [-0.1, -0.05) is 24.3 Å². The second kappa shape index (κ2) is 8.20. The minimum atomic E-state index is 0.00227. The maximum Gasteiger partial charge on any atom is 0.225 e. The van der Waals surface area contributed by atoms with Gasteiger partial charge in [0, 0.05) is 25.2 Å².